The normalized spacial score (nSPS) is 9.43. The molecule has 0 saturated heterocycles. The van der Waals surface area contributed by atoms with Crippen LogP contribution in [0.4, 0.5) is 5.69 Å². The molecule has 0 saturated carbocycles. The van der Waals surface area contributed by atoms with Gasteiger partial charge in [-0.15, -0.1) is 0 Å². The Hall–Kier alpha value is -1.84. The van der Waals surface area contributed by atoms with Crippen LogP contribution in [0.15, 0.2) is 24.3 Å². The van der Waals surface area contributed by atoms with Crippen LogP contribution in [0.3, 0.4) is 0 Å². The minimum Gasteiger partial charge on any atom is -0.481 e. The van der Waals surface area contributed by atoms with Crippen LogP contribution in [-0.2, 0) is 9.59 Å². The van der Waals surface area contributed by atoms with Crippen molar-refractivity contribution in [2.75, 3.05) is 11.4 Å². The number of nitrogens with zero attached hydrogens (tertiary/aromatic N) is 1. The summed E-state index contributed by atoms with van der Waals surface area (Å²) in [5.41, 5.74) is 0.681. The van der Waals surface area contributed by atoms with Gasteiger partial charge < -0.3 is 10.0 Å². The van der Waals surface area contributed by atoms with Gasteiger partial charge in [0.1, 0.15) is 0 Å². The Bertz CT molecular complexity index is 310. The summed E-state index contributed by atoms with van der Waals surface area (Å²) in [4.78, 5) is 22.3. The van der Waals surface area contributed by atoms with Crippen molar-refractivity contribution in [2.45, 2.75) is 6.42 Å². The monoisotopic (exact) mass is 192 g/mol. The number of carboxylic acids is 1. The predicted molar refractivity (Wildman–Crippen MR) is 50.9 cm³/mol. The van der Waals surface area contributed by atoms with Crippen molar-refractivity contribution >= 4 is 18.1 Å². The van der Waals surface area contributed by atoms with E-state index in [-0.39, 0.29) is 13.0 Å². The van der Waals surface area contributed by atoms with E-state index < -0.39 is 5.97 Å². The highest BCUT2D eigenvalue weighted by Gasteiger charge is 2.06. The average Bonchev–Trinajstić information content (AvgIpc) is 2.20. The first-order valence-electron chi connectivity index (χ1n) is 4.14. The van der Waals surface area contributed by atoms with Crippen LogP contribution < -0.4 is 4.90 Å². The van der Waals surface area contributed by atoms with E-state index in [0.29, 0.717) is 12.1 Å². The predicted octanol–water partition coefficient (Wildman–Crippen LogP) is 0.924. The van der Waals surface area contributed by atoms with Gasteiger partial charge >= 0.3 is 5.97 Å². The molecule has 0 fully saturated rings. The van der Waals surface area contributed by atoms with Gasteiger partial charge in [0.25, 0.3) is 0 Å². The number of amides is 1. The Labute approximate surface area is 81.8 Å². The second-order valence-electron chi connectivity index (χ2n) is 2.70. The van der Waals surface area contributed by atoms with Crippen molar-refractivity contribution in [1.29, 1.82) is 0 Å². The molecule has 1 radical (unpaired) electrons. The minimum atomic E-state index is -0.917. The zero-order chi connectivity index (χ0) is 10.4. The molecule has 1 amide bonds. The van der Waals surface area contributed by atoms with Gasteiger partial charge in [-0.3, -0.25) is 9.59 Å². The van der Waals surface area contributed by atoms with Crippen LogP contribution in [0.2, 0.25) is 0 Å². The number of aliphatic carboxylic acids is 1. The Kier molecular flexibility index (Phi) is 3.67. The fourth-order valence-electron chi connectivity index (χ4n) is 1.03. The van der Waals surface area contributed by atoms with Gasteiger partial charge in [-0.1, -0.05) is 12.1 Å². The fourth-order valence-corrected chi connectivity index (χ4v) is 1.03. The van der Waals surface area contributed by atoms with Gasteiger partial charge in [-0.05, 0) is 18.2 Å². The lowest BCUT2D eigenvalue weighted by atomic mass is 10.3. The molecule has 0 aliphatic carbocycles. The lowest BCUT2D eigenvalue weighted by molar-refractivity contribution is -0.136. The summed E-state index contributed by atoms with van der Waals surface area (Å²) in [5.74, 6) is -0.917. The summed E-state index contributed by atoms with van der Waals surface area (Å²) < 4.78 is 0. The Morgan fingerprint density at radius 3 is 2.64 bits per heavy atom. The molecule has 1 aromatic carbocycles. The molecule has 1 aromatic rings. The van der Waals surface area contributed by atoms with E-state index in [1.807, 2.05) is 0 Å². The smallest absolute Gasteiger partial charge is 0.305 e. The molecule has 4 nitrogen and oxygen atoms in total. The number of hydrogen-bond acceptors (Lipinski definition) is 2. The highest BCUT2D eigenvalue weighted by Crippen LogP contribution is 2.10. The molecule has 0 unspecified atom stereocenters. The van der Waals surface area contributed by atoms with Crippen molar-refractivity contribution in [3.63, 3.8) is 0 Å². The van der Waals surface area contributed by atoms with E-state index in [4.69, 9.17) is 5.11 Å². The van der Waals surface area contributed by atoms with E-state index in [1.165, 1.54) is 4.90 Å². The second-order valence-corrected chi connectivity index (χ2v) is 2.70. The van der Waals surface area contributed by atoms with Crippen LogP contribution >= 0.6 is 0 Å². The van der Waals surface area contributed by atoms with Crippen LogP contribution in [0, 0.1) is 6.07 Å². The lowest BCUT2D eigenvalue weighted by Gasteiger charge is -2.15. The molecule has 73 valence electrons. The topological polar surface area (TPSA) is 57.6 Å². The quantitative estimate of drug-likeness (QED) is 0.706. The number of rotatable bonds is 5. The molecule has 1 rings (SSSR count). The molecule has 0 aromatic heterocycles. The third-order valence-corrected chi connectivity index (χ3v) is 1.73. The van der Waals surface area contributed by atoms with Crippen LogP contribution in [-0.4, -0.2) is 24.0 Å². The largest absolute Gasteiger partial charge is 0.481 e. The summed E-state index contributed by atoms with van der Waals surface area (Å²) in [5, 5.41) is 8.46. The van der Waals surface area contributed by atoms with Crippen molar-refractivity contribution in [2.24, 2.45) is 0 Å². The molecular formula is C10H10NO3. The van der Waals surface area contributed by atoms with E-state index in [0.717, 1.165) is 0 Å². The van der Waals surface area contributed by atoms with Crippen LogP contribution in [0.25, 0.3) is 0 Å². The van der Waals surface area contributed by atoms with Crippen molar-refractivity contribution < 1.29 is 14.7 Å². The molecular weight excluding hydrogens is 182 g/mol. The molecule has 0 bridgehead atoms. The number of benzene rings is 1. The van der Waals surface area contributed by atoms with Gasteiger partial charge in [-0.25, -0.2) is 0 Å². The molecule has 0 spiro atoms. The average molecular weight is 192 g/mol. The van der Waals surface area contributed by atoms with Crippen molar-refractivity contribution in [3.8, 4) is 0 Å². The maximum absolute atomic E-state index is 10.6. The maximum Gasteiger partial charge on any atom is 0.305 e. The second kappa shape index (κ2) is 5.01. The van der Waals surface area contributed by atoms with Gasteiger partial charge in [0.15, 0.2) is 0 Å². The molecule has 0 aliphatic rings. The van der Waals surface area contributed by atoms with Gasteiger partial charge in [0.2, 0.25) is 6.41 Å². The highest BCUT2D eigenvalue weighted by atomic mass is 16.4. The van der Waals surface area contributed by atoms with E-state index in [2.05, 4.69) is 6.07 Å². The van der Waals surface area contributed by atoms with Crippen molar-refractivity contribution in [3.05, 3.63) is 30.3 Å². The summed E-state index contributed by atoms with van der Waals surface area (Å²) in [7, 11) is 0. The Morgan fingerprint density at radius 1 is 1.50 bits per heavy atom. The van der Waals surface area contributed by atoms with E-state index in [1.54, 1.807) is 24.3 Å². The maximum atomic E-state index is 10.6. The summed E-state index contributed by atoms with van der Waals surface area (Å²) in [6.07, 6.45) is 0.565. The van der Waals surface area contributed by atoms with Crippen molar-refractivity contribution in [1.82, 2.24) is 0 Å². The highest BCUT2D eigenvalue weighted by molar-refractivity contribution is 5.76. The first-order chi connectivity index (χ1) is 6.74. The first-order valence-corrected chi connectivity index (χ1v) is 4.14. The van der Waals surface area contributed by atoms with E-state index in [9.17, 15) is 9.59 Å². The number of anilines is 1. The molecule has 4 heteroatoms. The van der Waals surface area contributed by atoms with Gasteiger partial charge in [0, 0.05) is 12.2 Å². The zero-order valence-electron chi connectivity index (χ0n) is 7.51. The lowest BCUT2D eigenvalue weighted by Crippen LogP contribution is -2.24. The summed E-state index contributed by atoms with van der Waals surface area (Å²) in [6, 6.07) is 9.57. The third kappa shape index (κ3) is 2.90. The zero-order valence-corrected chi connectivity index (χ0v) is 7.51. The standard InChI is InChI=1S/C10H10NO3/c12-8-11(7-6-10(13)14)9-4-2-1-3-5-9/h2-5,8H,6-7H2,(H,13,14). The molecule has 0 atom stereocenters. The summed E-state index contributed by atoms with van der Waals surface area (Å²) >= 11 is 0. The van der Waals surface area contributed by atoms with Gasteiger partial charge in [-0.2, -0.15) is 0 Å². The first kappa shape index (κ1) is 10.2. The number of hydrogen-bond donors (Lipinski definition) is 1. The summed E-state index contributed by atoms with van der Waals surface area (Å²) in [6.45, 7) is 0.183. The molecule has 14 heavy (non-hydrogen) atoms. The van der Waals surface area contributed by atoms with E-state index >= 15 is 0 Å². The molecule has 0 heterocycles. The number of carboxylic acid groups (broad SMARTS) is 1. The fraction of sp³-hybridized carbons (Fsp3) is 0.200. The Balaban J connectivity index is 2.63. The SMILES string of the molecule is O=CN(CCC(=O)O)c1cc[c]cc1. The number of carbonyl (C=O) groups excluding carboxylic acids is 1. The van der Waals surface area contributed by atoms with Crippen LogP contribution in [0.5, 0.6) is 0 Å². The molecule has 0 aliphatic heterocycles. The van der Waals surface area contributed by atoms with Gasteiger partial charge in [0.05, 0.1) is 6.42 Å². The Morgan fingerprint density at radius 2 is 2.14 bits per heavy atom. The third-order valence-electron chi connectivity index (χ3n) is 1.73. The minimum absolute atomic E-state index is 0.0582. The number of carbonyl (C=O) groups is 2. The molecule has 1 N–H and O–H groups in total. The van der Waals surface area contributed by atoms with Crippen LogP contribution in [0.1, 0.15) is 6.42 Å².